The Morgan fingerprint density at radius 2 is 1.85 bits per heavy atom. The van der Waals surface area contributed by atoms with Gasteiger partial charge in [-0.2, -0.15) is 0 Å². The lowest BCUT2D eigenvalue weighted by atomic mass is 9.63. The minimum Gasteiger partial charge on any atom is -0.461 e. The van der Waals surface area contributed by atoms with Gasteiger partial charge in [-0.05, 0) is 36.3 Å². The van der Waals surface area contributed by atoms with Crippen LogP contribution in [-0.4, -0.2) is 14.7 Å². The van der Waals surface area contributed by atoms with Gasteiger partial charge in [-0.15, -0.1) is 0 Å². The summed E-state index contributed by atoms with van der Waals surface area (Å²) in [5, 5.41) is 1.18. The first-order chi connectivity index (χ1) is 12.7. The number of sulfone groups is 1. The first-order valence-corrected chi connectivity index (χ1v) is 11.2. The van der Waals surface area contributed by atoms with Crippen molar-refractivity contribution in [2.45, 2.75) is 23.7 Å². The normalized spacial score (nSPS) is 24.2. The number of hydrogen-bond donors (Lipinski definition) is 0. The lowest BCUT2D eigenvalue weighted by Gasteiger charge is -2.45. The van der Waals surface area contributed by atoms with Crippen molar-refractivity contribution in [3.8, 4) is 5.75 Å². The molecule has 2 unspecified atom stereocenters. The Labute approximate surface area is 169 Å². The van der Waals surface area contributed by atoms with Crippen molar-refractivity contribution in [3.05, 3.63) is 81.6 Å². The van der Waals surface area contributed by atoms with Crippen molar-refractivity contribution in [2.75, 3.05) is 6.26 Å². The molecular weight excluding hydrogens is 403 g/mol. The van der Waals surface area contributed by atoms with Gasteiger partial charge in [0.25, 0.3) is 0 Å². The molecule has 2 aromatic rings. The number of rotatable bonds is 2. The molecule has 0 amide bonds. The maximum atomic E-state index is 12.5. The van der Waals surface area contributed by atoms with Crippen LogP contribution in [0.4, 0.5) is 0 Å². The van der Waals surface area contributed by atoms with Crippen LogP contribution in [0, 0.1) is 5.92 Å². The minimum atomic E-state index is -3.41. The minimum absolute atomic E-state index is 0.0726. The quantitative estimate of drug-likeness (QED) is 0.646. The zero-order valence-corrected chi connectivity index (χ0v) is 17.2. The van der Waals surface area contributed by atoms with E-state index in [4.69, 9.17) is 27.9 Å². The van der Waals surface area contributed by atoms with Crippen LogP contribution in [-0.2, 0) is 15.3 Å². The Morgan fingerprint density at radius 3 is 2.59 bits per heavy atom. The van der Waals surface area contributed by atoms with E-state index in [1.165, 1.54) is 6.26 Å². The summed E-state index contributed by atoms with van der Waals surface area (Å²) in [6, 6.07) is 12.7. The van der Waals surface area contributed by atoms with Crippen molar-refractivity contribution in [3.63, 3.8) is 0 Å². The summed E-state index contributed by atoms with van der Waals surface area (Å²) >= 11 is 12.4. The Morgan fingerprint density at radius 1 is 1.11 bits per heavy atom. The van der Waals surface area contributed by atoms with Crippen LogP contribution in [0.25, 0.3) is 0 Å². The van der Waals surface area contributed by atoms with E-state index in [9.17, 15) is 8.42 Å². The maximum Gasteiger partial charge on any atom is 0.175 e. The van der Waals surface area contributed by atoms with Crippen molar-refractivity contribution < 1.29 is 13.2 Å². The Balaban J connectivity index is 2.05. The lowest BCUT2D eigenvalue weighted by molar-refractivity contribution is 0.234. The van der Waals surface area contributed by atoms with Crippen LogP contribution in [0.2, 0.25) is 5.02 Å². The number of halogens is 2. The average Bonchev–Trinajstić information content (AvgIpc) is 2.60. The summed E-state index contributed by atoms with van der Waals surface area (Å²) in [6.45, 7) is 2.07. The molecule has 2 atom stereocenters. The fourth-order valence-electron chi connectivity index (χ4n) is 4.14. The van der Waals surface area contributed by atoms with Crippen molar-refractivity contribution in [1.82, 2.24) is 0 Å². The van der Waals surface area contributed by atoms with Crippen molar-refractivity contribution in [2.24, 2.45) is 5.92 Å². The summed E-state index contributed by atoms with van der Waals surface area (Å²) in [4.78, 5) is 0.329. The van der Waals surface area contributed by atoms with E-state index < -0.39 is 15.3 Å². The molecule has 6 heteroatoms. The molecular formula is C21H18Cl2O3S. The molecule has 0 N–H and O–H groups in total. The second kappa shape index (κ2) is 6.40. The van der Waals surface area contributed by atoms with Gasteiger partial charge < -0.3 is 4.74 Å². The van der Waals surface area contributed by atoms with Gasteiger partial charge in [0.1, 0.15) is 11.5 Å². The predicted molar refractivity (Wildman–Crippen MR) is 108 cm³/mol. The first-order valence-electron chi connectivity index (χ1n) is 8.56. The topological polar surface area (TPSA) is 43.4 Å². The monoisotopic (exact) mass is 420 g/mol. The largest absolute Gasteiger partial charge is 0.461 e. The first kappa shape index (κ1) is 18.6. The molecule has 4 rings (SSSR count). The van der Waals surface area contributed by atoms with Gasteiger partial charge in [-0.1, -0.05) is 60.5 Å². The molecule has 1 aliphatic heterocycles. The van der Waals surface area contributed by atoms with Gasteiger partial charge in [0, 0.05) is 33.2 Å². The molecule has 3 nitrogen and oxygen atoms in total. The van der Waals surface area contributed by atoms with Crippen molar-refractivity contribution >= 4 is 33.0 Å². The number of fused-ring (bicyclic) bond motifs is 2. The molecule has 2 aliphatic rings. The average molecular weight is 421 g/mol. The van der Waals surface area contributed by atoms with Crippen LogP contribution < -0.4 is 4.74 Å². The summed E-state index contributed by atoms with van der Waals surface area (Å²) in [5.74, 6) is 1.28. The van der Waals surface area contributed by atoms with Gasteiger partial charge in [-0.25, -0.2) is 8.42 Å². The molecule has 27 heavy (non-hydrogen) atoms. The van der Waals surface area contributed by atoms with E-state index in [0.29, 0.717) is 27.1 Å². The highest BCUT2D eigenvalue weighted by atomic mass is 35.5. The Bertz CT molecular complexity index is 1100. The molecule has 0 spiro atoms. The number of allylic oxidation sites excluding steroid dienone is 4. The van der Waals surface area contributed by atoms with Gasteiger partial charge in [-0.3, -0.25) is 0 Å². The summed E-state index contributed by atoms with van der Waals surface area (Å²) < 4.78 is 31.2. The van der Waals surface area contributed by atoms with Gasteiger partial charge >= 0.3 is 0 Å². The second-order valence-electron chi connectivity index (χ2n) is 7.14. The van der Waals surface area contributed by atoms with E-state index in [1.54, 1.807) is 24.3 Å². The van der Waals surface area contributed by atoms with Crippen LogP contribution in [0.1, 0.15) is 24.5 Å². The maximum absolute atomic E-state index is 12.5. The molecule has 0 fully saturated rings. The van der Waals surface area contributed by atoms with E-state index in [-0.39, 0.29) is 5.92 Å². The molecule has 2 aromatic carbocycles. The van der Waals surface area contributed by atoms with E-state index in [2.05, 4.69) is 6.92 Å². The lowest BCUT2D eigenvalue weighted by Crippen LogP contribution is -2.41. The SMILES string of the molecule is CC1(c2ccccc2S(C)(=O)=O)c2ccc(Cl)cc2OC2=CC(Cl)=CCC21. The standard InChI is InChI=1S/C21H18Cl2O3S/c1-21(17-5-3-4-6-20(17)27(2,24)25)15-9-7-13(22)11-18(15)26-19-12-14(23)8-10-16(19)21/h3-9,11-12,16H,10H2,1-2H3. The second-order valence-corrected chi connectivity index (χ2v) is 9.99. The summed E-state index contributed by atoms with van der Waals surface area (Å²) in [6.07, 6.45) is 5.65. The zero-order valence-electron chi connectivity index (χ0n) is 14.9. The molecule has 0 saturated heterocycles. The van der Waals surface area contributed by atoms with Crippen LogP contribution in [0.5, 0.6) is 5.75 Å². The number of ether oxygens (including phenoxy) is 1. The molecule has 0 saturated carbocycles. The van der Waals surface area contributed by atoms with Gasteiger partial charge in [0.05, 0.1) is 4.90 Å². The van der Waals surface area contributed by atoms with Crippen LogP contribution in [0.3, 0.4) is 0 Å². The Hall–Kier alpha value is -1.75. The fourth-order valence-corrected chi connectivity index (χ4v) is 5.50. The van der Waals surface area contributed by atoms with Crippen molar-refractivity contribution in [1.29, 1.82) is 0 Å². The van der Waals surface area contributed by atoms with Gasteiger partial charge in [0.2, 0.25) is 0 Å². The molecule has 1 heterocycles. The molecule has 0 aromatic heterocycles. The van der Waals surface area contributed by atoms with E-state index >= 15 is 0 Å². The highest BCUT2D eigenvalue weighted by molar-refractivity contribution is 7.90. The van der Waals surface area contributed by atoms with E-state index in [1.807, 2.05) is 30.3 Å². The smallest absolute Gasteiger partial charge is 0.175 e. The summed E-state index contributed by atoms with van der Waals surface area (Å²) in [5.41, 5.74) is 1.05. The fraction of sp³-hybridized carbons (Fsp3) is 0.238. The third kappa shape index (κ3) is 3.00. The summed E-state index contributed by atoms with van der Waals surface area (Å²) in [7, 11) is -3.41. The van der Waals surface area contributed by atoms with Crippen LogP contribution in [0.15, 0.2) is 70.3 Å². The van der Waals surface area contributed by atoms with Gasteiger partial charge in [0.15, 0.2) is 9.84 Å². The number of benzene rings is 2. The Kier molecular flexibility index (Phi) is 4.41. The molecule has 0 bridgehead atoms. The number of hydrogen-bond acceptors (Lipinski definition) is 3. The molecule has 140 valence electrons. The molecule has 1 aliphatic carbocycles. The third-order valence-electron chi connectivity index (χ3n) is 5.45. The molecule has 0 radical (unpaired) electrons. The highest BCUT2D eigenvalue weighted by Gasteiger charge is 2.48. The highest BCUT2D eigenvalue weighted by Crippen LogP contribution is 2.54. The van der Waals surface area contributed by atoms with Crippen LogP contribution >= 0.6 is 23.2 Å². The zero-order chi connectivity index (χ0) is 19.4. The van der Waals surface area contributed by atoms with E-state index in [0.717, 1.165) is 16.9 Å². The third-order valence-corrected chi connectivity index (χ3v) is 7.10. The predicted octanol–water partition coefficient (Wildman–Crippen LogP) is 5.47.